The number of sulfone groups is 1. The molecule has 0 spiro atoms. The Morgan fingerprint density at radius 1 is 1.18 bits per heavy atom. The van der Waals surface area contributed by atoms with Crippen molar-refractivity contribution in [3.63, 3.8) is 0 Å². The molecule has 0 saturated heterocycles. The monoisotopic (exact) mass is 481 g/mol. The summed E-state index contributed by atoms with van der Waals surface area (Å²) in [5.74, 6) is -1.60. The van der Waals surface area contributed by atoms with Gasteiger partial charge in [-0.1, -0.05) is 6.07 Å². The zero-order chi connectivity index (χ0) is 24.1. The largest absolute Gasteiger partial charge is 0.385 e. The number of fused-ring (bicyclic) bond motifs is 2. The highest BCUT2D eigenvalue weighted by Gasteiger charge is 2.43. The summed E-state index contributed by atoms with van der Waals surface area (Å²) in [6, 6.07) is 6.69. The summed E-state index contributed by atoms with van der Waals surface area (Å²) in [4.78, 5) is -0.102. The SMILES string of the molecule is COCO[C@H]1c2c(S(C)(=O)=O)ccc([C@H]3C[C@H](F)[C@H](O)c4cc(F)cc(C#N)c43)c2C[C@H]1F. The van der Waals surface area contributed by atoms with Gasteiger partial charge in [0.1, 0.15) is 37.2 Å². The van der Waals surface area contributed by atoms with Gasteiger partial charge in [-0.3, -0.25) is 0 Å². The Hall–Kier alpha value is -2.45. The van der Waals surface area contributed by atoms with Crippen LogP contribution in [0, 0.1) is 17.1 Å². The zero-order valence-corrected chi connectivity index (χ0v) is 18.7. The average molecular weight is 481 g/mol. The molecular formula is C23H22F3NO5S. The molecule has 0 unspecified atom stereocenters. The minimum Gasteiger partial charge on any atom is -0.385 e. The molecule has 2 aromatic rings. The van der Waals surface area contributed by atoms with E-state index in [9.17, 15) is 27.6 Å². The van der Waals surface area contributed by atoms with Crippen LogP contribution in [0.5, 0.6) is 0 Å². The summed E-state index contributed by atoms with van der Waals surface area (Å²) in [6.07, 6.45) is -5.57. The molecule has 0 amide bonds. The fourth-order valence-electron chi connectivity index (χ4n) is 4.98. The van der Waals surface area contributed by atoms with Gasteiger partial charge in [0.2, 0.25) is 0 Å². The Labute approximate surface area is 189 Å². The second kappa shape index (κ2) is 8.72. The second-order valence-electron chi connectivity index (χ2n) is 8.35. The van der Waals surface area contributed by atoms with Gasteiger partial charge in [0.15, 0.2) is 9.84 Å². The molecule has 2 aliphatic rings. The molecule has 6 nitrogen and oxygen atoms in total. The number of nitriles is 1. The normalized spacial score (nSPS) is 26.5. The number of methoxy groups -OCH3 is 1. The van der Waals surface area contributed by atoms with Gasteiger partial charge in [-0.05, 0) is 46.9 Å². The smallest absolute Gasteiger partial charge is 0.175 e. The van der Waals surface area contributed by atoms with Gasteiger partial charge in [-0.25, -0.2) is 21.6 Å². The number of ether oxygens (including phenoxy) is 2. The maximum absolute atomic E-state index is 15.1. The third-order valence-electron chi connectivity index (χ3n) is 6.27. The molecule has 10 heteroatoms. The molecule has 0 heterocycles. The van der Waals surface area contributed by atoms with Gasteiger partial charge >= 0.3 is 0 Å². The minimum absolute atomic E-state index is 0.0433. The van der Waals surface area contributed by atoms with Crippen LogP contribution in [0.15, 0.2) is 29.2 Å². The zero-order valence-electron chi connectivity index (χ0n) is 17.9. The lowest BCUT2D eigenvalue weighted by Crippen LogP contribution is -2.27. The van der Waals surface area contributed by atoms with E-state index in [0.29, 0.717) is 11.1 Å². The van der Waals surface area contributed by atoms with Crippen LogP contribution >= 0.6 is 0 Å². The lowest BCUT2D eigenvalue weighted by atomic mass is 9.73. The Morgan fingerprint density at radius 3 is 2.55 bits per heavy atom. The van der Waals surface area contributed by atoms with E-state index in [-0.39, 0.29) is 46.8 Å². The van der Waals surface area contributed by atoms with E-state index < -0.39 is 46.1 Å². The first-order valence-electron chi connectivity index (χ1n) is 10.2. The van der Waals surface area contributed by atoms with E-state index in [4.69, 9.17) is 9.47 Å². The van der Waals surface area contributed by atoms with Crippen LogP contribution < -0.4 is 0 Å². The van der Waals surface area contributed by atoms with E-state index in [1.165, 1.54) is 19.2 Å². The summed E-state index contributed by atoms with van der Waals surface area (Å²) >= 11 is 0. The van der Waals surface area contributed by atoms with Crippen LogP contribution in [-0.2, 0) is 25.7 Å². The van der Waals surface area contributed by atoms with Gasteiger partial charge in [-0.2, -0.15) is 5.26 Å². The summed E-state index contributed by atoms with van der Waals surface area (Å²) in [6.45, 7) is -0.263. The molecule has 2 aliphatic carbocycles. The quantitative estimate of drug-likeness (QED) is 0.656. The van der Waals surface area contributed by atoms with E-state index in [2.05, 4.69) is 0 Å². The number of rotatable bonds is 5. The van der Waals surface area contributed by atoms with E-state index in [0.717, 1.165) is 18.4 Å². The number of benzene rings is 2. The summed E-state index contributed by atoms with van der Waals surface area (Å²) in [7, 11) is -2.41. The third-order valence-corrected chi connectivity index (χ3v) is 7.43. The molecule has 0 bridgehead atoms. The summed E-state index contributed by atoms with van der Waals surface area (Å²) < 4.78 is 79.2. The lowest BCUT2D eigenvalue weighted by Gasteiger charge is -2.34. The fourth-order valence-corrected chi connectivity index (χ4v) is 5.93. The third kappa shape index (κ3) is 4.04. The van der Waals surface area contributed by atoms with Crippen molar-refractivity contribution in [2.45, 2.75) is 48.2 Å². The maximum atomic E-state index is 15.1. The molecule has 4 rings (SSSR count). The number of halogens is 3. The molecule has 176 valence electrons. The van der Waals surface area contributed by atoms with Crippen LogP contribution in [0.25, 0.3) is 0 Å². The minimum atomic E-state index is -3.76. The van der Waals surface area contributed by atoms with Crippen molar-refractivity contribution in [1.29, 1.82) is 5.26 Å². The average Bonchev–Trinajstić information content (AvgIpc) is 3.08. The molecule has 5 atom stereocenters. The summed E-state index contributed by atoms with van der Waals surface area (Å²) in [5.41, 5.74) is 1.05. The summed E-state index contributed by atoms with van der Waals surface area (Å²) in [5, 5.41) is 19.9. The van der Waals surface area contributed by atoms with Crippen LogP contribution in [0.4, 0.5) is 13.2 Å². The van der Waals surface area contributed by atoms with Crippen LogP contribution in [-0.4, -0.2) is 46.0 Å². The maximum Gasteiger partial charge on any atom is 0.175 e. The lowest BCUT2D eigenvalue weighted by molar-refractivity contribution is -0.0939. The number of aliphatic hydroxyl groups excluding tert-OH is 1. The van der Waals surface area contributed by atoms with Crippen molar-refractivity contribution >= 4 is 9.84 Å². The van der Waals surface area contributed by atoms with E-state index in [1.54, 1.807) is 0 Å². The van der Waals surface area contributed by atoms with Crippen molar-refractivity contribution < 1.29 is 36.2 Å². The fraction of sp³-hybridized carbons (Fsp3) is 0.435. The number of hydrogen-bond donors (Lipinski definition) is 1. The van der Waals surface area contributed by atoms with Gasteiger partial charge in [0.05, 0.1) is 16.5 Å². The first kappa shape index (κ1) is 23.7. The van der Waals surface area contributed by atoms with Crippen LogP contribution in [0.2, 0.25) is 0 Å². The number of alkyl halides is 2. The van der Waals surface area contributed by atoms with Crippen molar-refractivity contribution in [2.75, 3.05) is 20.2 Å². The highest BCUT2D eigenvalue weighted by molar-refractivity contribution is 7.90. The molecule has 0 aromatic heterocycles. The molecular weight excluding hydrogens is 459 g/mol. The molecule has 0 fully saturated rings. The molecule has 1 N–H and O–H groups in total. The highest BCUT2D eigenvalue weighted by atomic mass is 32.2. The molecule has 33 heavy (non-hydrogen) atoms. The van der Waals surface area contributed by atoms with Gasteiger partial charge < -0.3 is 14.6 Å². The van der Waals surface area contributed by atoms with E-state index in [1.807, 2.05) is 6.07 Å². The van der Waals surface area contributed by atoms with Crippen molar-refractivity contribution in [2.24, 2.45) is 0 Å². The van der Waals surface area contributed by atoms with E-state index >= 15 is 4.39 Å². The number of hydrogen-bond acceptors (Lipinski definition) is 6. The van der Waals surface area contributed by atoms with Crippen molar-refractivity contribution in [3.05, 3.63) is 63.5 Å². The predicted molar refractivity (Wildman–Crippen MR) is 111 cm³/mol. The van der Waals surface area contributed by atoms with Crippen molar-refractivity contribution in [1.82, 2.24) is 0 Å². The van der Waals surface area contributed by atoms with Crippen molar-refractivity contribution in [3.8, 4) is 6.07 Å². The van der Waals surface area contributed by atoms with Gasteiger partial charge in [0, 0.05) is 31.3 Å². The highest BCUT2D eigenvalue weighted by Crippen LogP contribution is 2.49. The standard InChI is InChI=1S/C23H22F3NO5S/c1-31-10-32-23-18(26)8-15-13(3-4-19(21(15)23)33(2,29)30)14-7-17(25)22(28)16-6-12(24)5-11(9-27)20(14)16/h3-6,14,17-18,22-23,28H,7-8,10H2,1-2H3/t14-,17+,18-,22-,23-/m1/s1. The number of nitrogens with zero attached hydrogens (tertiary/aromatic N) is 1. The first-order chi connectivity index (χ1) is 15.6. The Balaban J connectivity index is 1.97. The number of aliphatic hydroxyl groups is 1. The molecule has 2 aromatic carbocycles. The van der Waals surface area contributed by atoms with Crippen LogP contribution in [0.3, 0.4) is 0 Å². The molecule has 0 aliphatic heterocycles. The molecule has 0 radical (unpaired) electrons. The Morgan fingerprint density at radius 2 is 1.91 bits per heavy atom. The van der Waals surface area contributed by atoms with Gasteiger partial charge in [0.25, 0.3) is 0 Å². The topological polar surface area (TPSA) is 96.6 Å². The second-order valence-corrected chi connectivity index (χ2v) is 10.3. The predicted octanol–water partition coefficient (Wildman–Crippen LogP) is 3.56. The first-order valence-corrected chi connectivity index (χ1v) is 12.1. The van der Waals surface area contributed by atoms with Crippen LogP contribution in [0.1, 0.15) is 57.9 Å². The molecule has 0 saturated carbocycles. The van der Waals surface area contributed by atoms with Gasteiger partial charge in [-0.15, -0.1) is 0 Å². The Kier molecular flexibility index (Phi) is 6.26. The Bertz CT molecular complexity index is 1240.